The van der Waals surface area contributed by atoms with E-state index in [2.05, 4.69) is 10.2 Å². The van der Waals surface area contributed by atoms with Crippen molar-refractivity contribution in [1.29, 1.82) is 0 Å². The summed E-state index contributed by atoms with van der Waals surface area (Å²) in [6.07, 6.45) is 0.880. The highest BCUT2D eigenvalue weighted by Gasteiger charge is 2.30. The van der Waals surface area contributed by atoms with Crippen molar-refractivity contribution in [2.24, 2.45) is 5.92 Å². The lowest BCUT2D eigenvalue weighted by molar-refractivity contribution is -0.119. The first-order valence-corrected chi connectivity index (χ1v) is 8.23. The smallest absolute Gasteiger partial charge is 0.442 e. The lowest BCUT2D eigenvalue weighted by Gasteiger charge is -2.21. The highest BCUT2D eigenvalue weighted by atomic mass is 32.2. The van der Waals surface area contributed by atoms with E-state index in [1.54, 1.807) is 7.11 Å². The largest absolute Gasteiger partial charge is 0.495 e. The molecule has 128 valence electrons. The van der Waals surface area contributed by atoms with Gasteiger partial charge in [0.15, 0.2) is 0 Å². The van der Waals surface area contributed by atoms with Crippen LogP contribution in [0.4, 0.5) is 18.9 Å². The van der Waals surface area contributed by atoms with Crippen LogP contribution in [0.25, 0.3) is 0 Å². The van der Waals surface area contributed by atoms with E-state index in [-0.39, 0.29) is 17.7 Å². The van der Waals surface area contributed by atoms with Crippen LogP contribution in [0.15, 0.2) is 24.3 Å². The van der Waals surface area contributed by atoms with Crippen molar-refractivity contribution >= 4 is 23.4 Å². The summed E-state index contributed by atoms with van der Waals surface area (Å²) < 4.78 is 41.4. The molecule has 1 atom stereocenters. The average Bonchev–Trinajstić information content (AvgIpc) is 2.99. The van der Waals surface area contributed by atoms with Crippen LogP contribution in [-0.2, 0) is 4.79 Å². The number of alkyl halides is 3. The number of nitrogens with one attached hydrogen (secondary N) is 1. The molecule has 23 heavy (non-hydrogen) atoms. The maximum Gasteiger partial charge on any atom is 0.442 e. The number of hydrogen-bond acceptors (Lipinski definition) is 4. The molecule has 0 radical (unpaired) electrons. The second-order valence-corrected chi connectivity index (χ2v) is 6.35. The number of nitrogens with zero attached hydrogens (tertiary/aromatic N) is 1. The number of carbonyl (C=O) groups is 1. The minimum atomic E-state index is -4.37. The lowest BCUT2D eigenvalue weighted by atomic mass is 10.1. The maximum absolute atomic E-state index is 12.0. The van der Waals surface area contributed by atoms with Crippen molar-refractivity contribution in [3.63, 3.8) is 0 Å². The van der Waals surface area contributed by atoms with Crippen molar-refractivity contribution < 1.29 is 22.7 Å². The number of para-hydroxylation sites is 2. The summed E-state index contributed by atoms with van der Waals surface area (Å²) in [6.45, 7) is 1.97. The third-order valence-electron chi connectivity index (χ3n) is 3.67. The number of rotatable bonds is 6. The monoisotopic (exact) mass is 348 g/mol. The first kappa shape index (κ1) is 17.8. The zero-order valence-corrected chi connectivity index (χ0v) is 13.5. The Morgan fingerprint density at radius 1 is 1.43 bits per heavy atom. The van der Waals surface area contributed by atoms with Gasteiger partial charge in [0.2, 0.25) is 5.91 Å². The van der Waals surface area contributed by atoms with Crippen LogP contribution in [0, 0.1) is 5.92 Å². The van der Waals surface area contributed by atoms with E-state index in [4.69, 9.17) is 4.74 Å². The Kier molecular flexibility index (Phi) is 6.04. The van der Waals surface area contributed by atoms with Gasteiger partial charge in [0.05, 0.1) is 18.6 Å². The molecule has 0 spiro atoms. The lowest BCUT2D eigenvalue weighted by Crippen LogP contribution is -2.32. The van der Waals surface area contributed by atoms with Gasteiger partial charge in [0.25, 0.3) is 0 Å². The fourth-order valence-electron chi connectivity index (χ4n) is 2.57. The van der Waals surface area contributed by atoms with Crippen LogP contribution in [0.2, 0.25) is 0 Å². The molecule has 0 bridgehead atoms. The molecular weight excluding hydrogens is 329 g/mol. The first-order chi connectivity index (χ1) is 10.9. The number of amides is 1. The van der Waals surface area contributed by atoms with Crippen molar-refractivity contribution in [1.82, 2.24) is 5.32 Å². The molecule has 1 heterocycles. The molecule has 0 aliphatic carbocycles. The van der Waals surface area contributed by atoms with E-state index in [1.807, 2.05) is 24.3 Å². The molecule has 1 N–H and O–H groups in total. The number of halogens is 3. The van der Waals surface area contributed by atoms with E-state index in [0.717, 1.165) is 30.9 Å². The molecule has 0 saturated carbocycles. The number of thioether (sulfide) groups is 1. The van der Waals surface area contributed by atoms with Crippen molar-refractivity contribution in [2.75, 3.05) is 37.4 Å². The van der Waals surface area contributed by atoms with Crippen LogP contribution in [-0.4, -0.2) is 43.9 Å². The van der Waals surface area contributed by atoms with Gasteiger partial charge in [0.1, 0.15) is 5.75 Å². The van der Waals surface area contributed by atoms with Gasteiger partial charge in [-0.2, -0.15) is 13.2 Å². The number of benzene rings is 1. The highest BCUT2D eigenvalue weighted by molar-refractivity contribution is 8.00. The normalized spacial score (nSPS) is 18.1. The van der Waals surface area contributed by atoms with Gasteiger partial charge < -0.3 is 15.0 Å². The van der Waals surface area contributed by atoms with Gasteiger partial charge in [-0.1, -0.05) is 12.1 Å². The SMILES string of the molecule is COc1ccccc1N1CCC(CNC(=O)CSC(F)(F)F)C1. The number of carbonyl (C=O) groups excluding carboxylic acids is 1. The summed E-state index contributed by atoms with van der Waals surface area (Å²) in [5.74, 6) is -0.159. The van der Waals surface area contributed by atoms with Gasteiger partial charge in [-0.15, -0.1) is 0 Å². The summed E-state index contributed by atoms with van der Waals surface area (Å²) in [5, 5.41) is 2.58. The average molecular weight is 348 g/mol. The standard InChI is InChI=1S/C15H19F3N2O2S/c1-22-13-5-3-2-4-12(13)20-7-6-11(9-20)8-19-14(21)10-23-15(16,17)18/h2-5,11H,6-10H2,1H3,(H,19,21). The number of hydrogen-bond donors (Lipinski definition) is 1. The summed E-state index contributed by atoms with van der Waals surface area (Å²) in [6, 6.07) is 7.69. The Morgan fingerprint density at radius 3 is 2.87 bits per heavy atom. The second-order valence-electron chi connectivity index (χ2n) is 5.31. The Hall–Kier alpha value is -1.57. The molecule has 1 saturated heterocycles. The molecule has 1 aromatic carbocycles. The Labute approximate surface area is 137 Å². The van der Waals surface area contributed by atoms with Gasteiger partial charge in [0, 0.05) is 19.6 Å². The minimum Gasteiger partial charge on any atom is -0.495 e. The minimum absolute atomic E-state index is 0.222. The Bertz CT molecular complexity index is 540. The zero-order chi connectivity index (χ0) is 16.9. The maximum atomic E-state index is 12.0. The van der Waals surface area contributed by atoms with E-state index in [0.29, 0.717) is 6.54 Å². The van der Waals surface area contributed by atoms with E-state index in [1.165, 1.54) is 0 Å². The molecule has 1 aliphatic heterocycles. The Balaban J connectivity index is 1.78. The Morgan fingerprint density at radius 2 is 2.17 bits per heavy atom. The van der Waals surface area contributed by atoms with Crippen molar-refractivity contribution in [3.05, 3.63) is 24.3 Å². The molecule has 1 aliphatic rings. The molecule has 0 aromatic heterocycles. The molecule has 1 aromatic rings. The van der Waals surface area contributed by atoms with Crippen molar-refractivity contribution in [2.45, 2.75) is 11.9 Å². The molecule has 1 amide bonds. The van der Waals surface area contributed by atoms with Gasteiger partial charge >= 0.3 is 5.51 Å². The summed E-state index contributed by atoms with van der Waals surface area (Å²) in [4.78, 5) is 13.6. The topological polar surface area (TPSA) is 41.6 Å². The predicted octanol–water partition coefficient (Wildman–Crippen LogP) is 2.89. The highest BCUT2D eigenvalue weighted by Crippen LogP contribution is 2.32. The quantitative estimate of drug-likeness (QED) is 0.858. The summed E-state index contributed by atoms with van der Waals surface area (Å²) in [5.41, 5.74) is -3.37. The summed E-state index contributed by atoms with van der Waals surface area (Å²) >= 11 is -0.312. The van der Waals surface area contributed by atoms with Crippen LogP contribution >= 0.6 is 11.8 Å². The molecular formula is C15H19F3N2O2S. The van der Waals surface area contributed by atoms with E-state index >= 15 is 0 Å². The van der Waals surface area contributed by atoms with Crippen LogP contribution in [0.5, 0.6) is 5.75 Å². The molecule has 8 heteroatoms. The van der Waals surface area contributed by atoms with Crippen LogP contribution in [0.3, 0.4) is 0 Å². The van der Waals surface area contributed by atoms with Crippen LogP contribution in [0.1, 0.15) is 6.42 Å². The summed E-state index contributed by atoms with van der Waals surface area (Å²) in [7, 11) is 1.62. The predicted molar refractivity (Wildman–Crippen MR) is 84.8 cm³/mol. The van der Waals surface area contributed by atoms with Gasteiger partial charge in [-0.3, -0.25) is 4.79 Å². The molecule has 1 fully saturated rings. The number of methoxy groups -OCH3 is 1. The molecule has 2 rings (SSSR count). The van der Waals surface area contributed by atoms with Crippen molar-refractivity contribution in [3.8, 4) is 5.75 Å². The van der Waals surface area contributed by atoms with Gasteiger partial charge in [-0.25, -0.2) is 0 Å². The number of ether oxygens (including phenoxy) is 1. The van der Waals surface area contributed by atoms with E-state index in [9.17, 15) is 18.0 Å². The fourth-order valence-corrected chi connectivity index (χ4v) is 2.96. The first-order valence-electron chi connectivity index (χ1n) is 7.24. The van der Waals surface area contributed by atoms with Gasteiger partial charge in [-0.05, 0) is 36.2 Å². The second kappa shape index (κ2) is 7.81. The molecule has 1 unspecified atom stereocenters. The zero-order valence-electron chi connectivity index (χ0n) is 12.7. The van der Waals surface area contributed by atoms with Crippen LogP contribution < -0.4 is 15.0 Å². The third kappa shape index (κ3) is 5.53. The number of anilines is 1. The van der Waals surface area contributed by atoms with E-state index < -0.39 is 17.2 Å². The molecule has 4 nitrogen and oxygen atoms in total. The third-order valence-corrected chi connectivity index (χ3v) is 4.40. The fraction of sp³-hybridized carbons (Fsp3) is 0.533.